The summed E-state index contributed by atoms with van der Waals surface area (Å²) in [6.45, 7) is 0. The van der Waals surface area contributed by atoms with Gasteiger partial charge in [-0.1, -0.05) is 32.9 Å². The van der Waals surface area contributed by atoms with Crippen LogP contribution in [-0.2, 0) is 6.42 Å². The molecule has 0 radical (unpaired) electrons. The van der Waals surface area contributed by atoms with E-state index in [4.69, 9.17) is 5.73 Å². The van der Waals surface area contributed by atoms with E-state index in [2.05, 4.69) is 4.99 Å². The zero-order valence-electron chi connectivity index (χ0n) is 11.7. The van der Waals surface area contributed by atoms with Gasteiger partial charge < -0.3 is 5.73 Å². The Kier molecular flexibility index (Phi) is 5.37. The van der Waals surface area contributed by atoms with E-state index in [-0.39, 0.29) is 6.42 Å². The Morgan fingerprint density at radius 2 is 1.61 bits per heavy atom. The van der Waals surface area contributed by atoms with E-state index in [9.17, 15) is 26.3 Å². The van der Waals surface area contributed by atoms with Crippen molar-refractivity contribution in [1.82, 2.24) is 0 Å². The summed E-state index contributed by atoms with van der Waals surface area (Å²) in [5.41, 5.74) is 5.73. The maximum Gasteiger partial charge on any atom is 0.438 e. The number of aryl methyl sites for hydroxylation is 1. The van der Waals surface area contributed by atoms with Crippen molar-refractivity contribution in [3.63, 3.8) is 0 Å². The van der Waals surface area contributed by atoms with Gasteiger partial charge >= 0.3 is 12.4 Å². The molecule has 1 aliphatic heterocycles. The number of nitrogen functional groups attached to an aromatic ring is 1. The van der Waals surface area contributed by atoms with Crippen molar-refractivity contribution < 1.29 is 26.3 Å². The molecule has 0 bridgehead atoms. The first-order chi connectivity index (χ1) is 10.6. The molecule has 1 heterocycles. The van der Waals surface area contributed by atoms with E-state index in [1.807, 2.05) is 0 Å². The smallest absolute Gasteiger partial charge is 0.399 e. The second-order valence-corrected chi connectivity index (χ2v) is 8.14. The summed E-state index contributed by atoms with van der Waals surface area (Å²) in [5, 5.41) is 0. The van der Waals surface area contributed by atoms with Gasteiger partial charge in [0.15, 0.2) is 3.63 Å². The van der Waals surface area contributed by atoms with Crippen molar-refractivity contribution >= 4 is 35.8 Å². The highest BCUT2D eigenvalue weighted by Crippen LogP contribution is 2.38. The fourth-order valence-corrected chi connectivity index (χ4v) is 5.11. The molecule has 0 aliphatic carbocycles. The molecule has 2 rings (SSSR count). The molecule has 0 amide bonds. The second kappa shape index (κ2) is 6.78. The number of hydrogen-bond donors (Lipinski definition) is 1. The molecule has 9 heteroatoms. The van der Waals surface area contributed by atoms with Crippen molar-refractivity contribution in [2.75, 3.05) is 5.73 Å². The van der Waals surface area contributed by atoms with Gasteiger partial charge in [0.1, 0.15) is 5.71 Å². The first kappa shape index (κ1) is 18.2. The SMILES string of the molecule is Nc1ccc(CCCC2I=C(C(F)(F)F)N=C2C(F)(F)F)cc1. The first-order valence-corrected chi connectivity index (χ1v) is 8.97. The normalized spacial score (nSPS) is 19.1. The van der Waals surface area contributed by atoms with Crippen LogP contribution in [-0.4, -0.2) is 25.6 Å². The van der Waals surface area contributed by atoms with E-state index in [1.54, 1.807) is 24.3 Å². The quantitative estimate of drug-likeness (QED) is 0.309. The van der Waals surface area contributed by atoms with Crippen LogP contribution < -0.4 is 5.73 Å². The fraction of sp³-hybridized carbons (Fsp3) is 0.429. The number of benzene rings is 1. The van der Waals surface area contributed by atoms with Gasteiger partial charge in [0, 0.05) is 5.69 Å². The summed E-state index contributed by atoms with van der Waals surface area (Å²) < 4.78 is 74.1. The third-order valence-corrected chi connectivity index (χ3v) is 6.58. The zero-order valence-corrected chi connectivity index (χ0v) is 13.8. The van der Waals surface area contributed by atoms with Crippen molar-refractivity contribution in [3.8, 4) is 0 Å². The minimum absolute atomic E-state index is 0.0512. The number of nitrogens with zero attached hydrogens (tertiary/aromatic N) is 1. The van der Waals surface area contributed by atoms with Crippen LogP contribution in [0.5, 0.6) is 0 Å². The number of aliphatic imine (C=N–C) groups is 1. The van der Waals surface area contributed by atoms with Crippen LogP contribution in [0.25, 0.3) is 0 Å². The largest absolute Gasteiger partial charge is 0.438 e. The third-order valence-electron chi connectivity index (χ3n) is 3.18. The fourth-order valence-electron chi connectivity index (χ4n) is 2.10. The second-order valence-electron chi connectivity index (χ2n) is 4.99. The Bertz CT molecular complexity index is 616. The lowest BCUT2D eigenvalue weighted by atomic mass is 10.0. The minimum Gasteiger partial charge on any atom is -0.399 e. The number of anilines is 1. The molecule has 2 nitrogen and oxygen atoms in total. The summed E-state index contributed by atoms with van der Waals surface area (Å²) in [5.74, 6) is 0. The van der Waals surface area contributed by atoms with Crippen LogP contribution in [0.3, 0.4) is 0 Å². The van der Waals surface area contributed by atoms with E-state index in [0.29, 0.717) is 18.5 Å². The Hall–Kier alpha value is -1.13. The van der Waals surface area contributed by atoms with E-state index in [1.165, 1.54) is 0 Å². The molecule has 23 heavy (non-hydrogen) atoms. The predicted octanol–water partition coefficient (Wildman–Crippen LogP) is 4.64. The molecule has 0 saturated heterocycles. The summed E-state index contributed by atoms with van der Waals surface area (Å²) in [7, 11) is 0. The van der Waals surface area contributed by atoms with E-state index in [0.717, 1.165) is 5.56 Å². The lowest BCUT2D eigenvalue weighted by Crippen LogP contribution is -2.30. The molecule has 0 aromatic heterocycles. The van der Waals surface area contributed by atoms with Crippen LogP contribution in [0.2, 0.25) is 0 Å². The van der Waals surface area contributed by atoms with Crippen LogP contribution >= 0.6 is 20.7 Å². The lowest BCUT2D eigenvalue weighted by molar-refractivity contribution is -0.0617. The molecule has 0 fully saturated rings. The molecule has 1 atom stereocenters. The van der Waals surface area contributed by atoms with Crippen molar-refractivity contribution in [2.24, 2.45) is 4.99 Å². The highest BCUT2D eigenvalue weighted by Gasteiger charge is 2.47. The monoisotopic (exact) mass is 450 g/mol. The van der Waals surface area contributed by atoms with Crippen LogP contribution in [0.1, 0.15) is 18.4 Å². The van der Waals surface area contributed by atoms with Crippen molar-refractivity contribution in [3.05, 3.63) is 29.8 Å². The summed E-state index contributed by atoms with van der Waals surface area (Å²) in [6, 6.07) is 6.86. The maximum atomic E-state index is 12.9. The molecule has 1 aromatic carbocycles. The van der Waals surface area contributed by atoms with Gasteiger partial charge in [-0.15, -0.1) is 0 Å². The number of halogens is 7. The Morgan fingerprint density at radius 1 is 1.00 bits per heavy atom. The van der Waals surface area contributed by atoms with Crippen molar-refractivity contribution in [1.29, 1.82) is 0 Å². The van der Waals surface area contributed by atoms with Crippen molar-refractivity contribution in [2.45, 2.75) is 35.5 Å². The minimum atomic E-state index is -4.81. The van der Waals surface area contributed by atoms with E-state index < -0.39 is 46.4 Å². The van der Waals surface area contributed by atoms with Gasteiger partial charge in [0.2, 0.25) is 0 Å². The topological polar surface area (TPSA) is 38.4 Å². The lowest BCUT2D eigenvalue weighted by Gasteiger charge is -2.13. The zero-order chi connectivity index (χ0) is 17.3. The molecule has 128 valence electrons. The third kappa shape index (κ3) is 4.92. The average Bonchev–Trinajstić information content (AvgIpc) is 2.85. The van der Waals surface area contributed by atoms with Crippen LogP contribution in [0.4, 0.5) is 32.0 Å². The molecule has 2 N–H and O–H groups in total. The van der Waals surface area contributed by atoms with Gasteiger partial charge in [-0.05, 0) is 37.0 Å². The number of rotatable bonds is 4. The van der Waals surface area contributed by atoms with E-state index >= 15 is 0 Å². The molecule has 1 aliphatic rings. The number of hydrogen-bond acceptors (Lipinski definition) is 2. The molecule has 0 saturated carbocycles. The van der Waals surface area contributed by atoms with Gasteiger partial charge in [0.25, 0.3) is 0 Å². The maximum absolute atomic E-state index is 12.9. The number of nitrogens with two attached hydrogens (primary N) is 1. The van der Waals surface area contributed by atoms with Crippen LogP contribution in [0.15, 0.2) is 29.3 Å². The summed E-state index contributed by atoms with van der Waals surface area (Å²) in [6.07, 6.45) is -8.66. The summed E-state index contributed by atoms with van der Waals surface area (Å²) in [4.78, 5) is 2.86. The summed E-state index contributed by atoms with van der Waals surface area (Å²) >= 11 is -1.83. The predicted molar refractivity (Wildman–Crippen MR) is 86.2 cm³/mol. The Balaban J connectivity index is 2.03. The molecular formula is C14H13F6IN2. The van der Waals surface area contributed by atoms with Crippen LogP contribution in [0, 0.1) is 0 Å². The number of alkyl halides is 7. The molecular weight excluding hydrogens is 437 g/mol. The molecule has 1 aromatic rings. The van der Waals surface area contributed by atoms with Gasteiger partial charge in [-0.25, -0.2) is 4.99 Å². The standard InChI is InChI=1S/C14H13F6IN2/c15-13(16,17)11-10(21-12(23-11)14(18,19)20)3-1-2-8-4-6-9(22)7-5-8/h4-7,10H,1-3,22H2. The first-order valence-electron chi connectivity index (χ1n) is 6.65. The van der Waals surface area contributed by atoms with Gasteiger partial charge in [-0.3, -0.25) is 0 Å². The molecule has 0 spiro atoms. The van der Waals surface area contributed by atoms with Gasteiger partial charge in [-0.2, -0.15) is 26.3 Å². The average molecular weight is 450 g/mol. The Morgan fingerprint density at radius 3 is 2.13 bits per heavy atom. The van der Waals surface area contributed by atoms with Gasteiger partial charge in [0.05, 0.1) is 3.92 Å². The molecule has 1 unspecified atom stereocenters. The highest BCUT2D eigenvalue weighted by molar-refractivity contribution is 14.2. The highest BCUT2D eigenvalue weighted by atomic mass is 127. The Labute approximate surface area is 138 Å².